The largest absolute Gasteiger partial charge is 0.493 e. The number of piperidine rings is 1. The van der Waals surface area contributed by atoms with Crippen molar-refractivity contribution in [1.82, 2.24) is 9.88 Å². The van der Waals surface area contributed by atoms with Crippen molar-refractivity contribution in [1.29, 1.82) is 0 Å². The molecule has 1 aromatic heterocycles. The topological polar surface area (TPSA) is 54.5 Å². The molecule has 26 heavy (non-hydrogen) atoms. The molecule has 140 valence electrons. The Morgan fingerprint density at radius 3 is 2.77 bits per heavy atom. The molecule has 2 heterocycles. The molecule has 0 unspecified atom stereocenters. The number of hydrogen-bond acceptors (Lipinski definition) is 5. The second kappa shape index (κ2) is 9.14. The number of rotatable bonds is 7. The molecular formula is C20H27N3O2S. The first-order valence-corrected chi connectivity index (χ1v) is 10.1. The molecule has 0 saturated carbocycles. The fourth-order valence-electron chi connectivity index (χ4n) is 3.01. The number of ether oxygens (including phenoxy) is 1. The lowest BCUT2D eigenvalue weighted by molar-refractivity contribution is -0.116. The second-order valence-corrected chi connectivity index (χ2v) is 8.03. The van der Waals surface area contributed by atoms with Gasteiger partial charge in [0.05, 0.1) is 18.7 Å². The third kappa shape index (κ3) is 5.54. The Bertz CT molecular complexity index is 709. The first kappa shape index (κ1) is 18.9. The molecular weight excluding hydrogens is 346 g/mol. The first-order valence-electron chi connectivity index (χ1n) is 9.26. The van der Waals surface area contributed by atoms with E-state index >= 15 is 0 Å². The molecule has 0 atom stereocenters. The molecule has 1 amide bonds. The lowest BCUT2D eigenvalue weighted by atomic mass is 9.99. The van der Waals surface area contributed by atoms with Crippen LogP contribution < -0.4 is 10.1 Å². The number of carbonyl (C=O) groups excluding carboxylic acids is 1. The van der Waals surface area contributed by atoms with Gasteiger partial charge in [0, 0.05) is 11.4 Å². The molecule has 6 heteroatoms. The maximum absolute atomic E-state index is 12.1. The molecule has 0 spiro atoms. The minimum absolute atomic E-state index is 0.0620. The zero-order chi connectivity index (χ0) is 18.4. The Kier molecular flexibility index (Phi) is 6.63. The van der Waals surface area contributed by atoms with Crippen molar-refractivity contribution in [3.05, 3.63) is 40.9 Å². The summed E-state index contributed by atoms with van der Waals surface area (Å²) < 4.78 is 5.57. The van der Waals surface area contributed by atoms with E-state index in [1.54, 1.807) is 11.3 Å². The molecule has 1 aromatic carbocycles. The summed E-state index contributed by atoms with van der Waals surface area (Å²) in [5.41, 5.74) is 1.02. The number of aryl methyl sites for hydroxylation is 1. The van der Waals surface area contributed by atoms with E-state index in [1.807, 2.05) is 37.3 Å². The van der Waals surface area contributed by atoms with Crippen molar-refractivity contribution in [3.8, 4) is 5.75 Å². The van der Waals surface area contributed by atoms with Crippen LogP contribution in [0.15, 0.2) is 30.3 Å². The van der Waals surface area contributed by atoms with E-state index in [2.05, 4.69) is 22.1 Å². The normalized spacial score (nSPS) is 15.8. The number of likely N-dealkylation sites (tertiary alicyclic amines) is 1. The number of nitrogens with one attached hydrogen (secondary N) is 1. The minimum Gasteiger partial charge on any atom is -0.493 e. The van der Waals surface area contributed by atoms with Crippen LogP contribution >= 0.6 is 11.3 Å². The summed E-state index contributed by atoms with van der Waals surface area (Å²) in [5, 5.41) is 3.59. The zero-order valence-corrected chi connectivity index (χ0v) is 16.3. The van der Waals surface area contributed by atoms with Crippen molar-refractivity contribution in [2.45, 2.75) is 39.7 Å². The number of nitrogens with zero attached hydrogens (tertiary/aromatic N) is 2. The number of para-hydroxylation sites is 1. The highest BCUT2D eigenvalue weighted by Crippen LogP contribution is 2.26. The fraction of sp³-hybridized carbons (Fsp3) is 0.500. The smallest absolute Gasteiger partial charge is 0.229 e. The SMILES string of the molecule is Cc1nc(NC(=O)CCOc2ccccc2)sc1CN1CCC(C)CC1. The Labute approximate surface area is 159 Å². The summed E-state index contributed by atoms with van der Waals surface area (Å²) in [4.78, 5) is 20.4. The van der Waals surface area contributed by atoms with E-state index in [4.69, 9.17) is 4.74 Å². The summed E-state index contributed by atoms with van der Waals surface area (Å²) in [6.45, 7) is 7.94. The van der Waals surface area contributed by atoms with Crippen LogP contribution in [0.5, 0.6) is 5.75 Å². The maximum atomic E-state index is 12.1. The van der Waals surface area contributed by atoms with Crippen LogP contribution in [0.3, 0.4) is 0 Å². The van der Waals surface area contributed by atoms with Crippen LogP contribution in [0.4, 0.5) is 5.13 Å². The van der Waals surface area contributed by atoms with Gasteiger partial charge in [0.1, 0.15) is 5.75 Å². The average Bonchev–Trinajstić information content (AvgIpc) is 2.97. The molecule has 3 rings (SSSR count). The highest BCUT2D eigenvalue weighted by atomic mass is 32.1. The van der Waals surface area contributed by atoms with Gasteiger partial charge in [0.25, 0.3) is 0 Å². The van der Waals surface area contributed by atoms with Crippen LogP contribution in [0.1, 0.15) is 36.8 Å². The molecule has 1 aliphatic heterocycles. The molecule has 1 aliphatic rings. The molecule has 2 aromatic rings. The third-order valence-electron chi connectivity index (χ3n) is 4.72. The van der Waals surface area contributed by atoms with Crippen LogP contribution in [0, 0.1) is 12.8 Å². The number of amides is 1. The molecule has 1 fully saturated rings. The van der Waals surface area contributed by atoms with Gasteiger partial charge in [0.15, 0.2) is 5.13 Å². The number of thiazole rings is 1. The maximum Gasteiger partial charge on any atom is 0.229 e. The van der Waals surface area contributed by atoms with Gasteiger partial charge in [-0.05, 0) is 50.9 Å². The second-order valence-electron chi connectivity index (χ2n) is 6.95. The lowest BCUT2D eigenvalue weighted by Crippen LogP contribution is -2.32. The molecule has 0 aliphatic carbocycles. The van der Waals surface area contributed by atoms with Crippen LogP contribution in [-0.2, 0) is 11.3 Å². The molecule has 0 radical (unpaired) electrons. The first-order chi connectivity index (χ1) is 12.6. The summed E-state index contributed by atoms with van der Waals surface area (Å²) in [5.74, 6) is 1.55. The van der Waals surface area contributed by atoms with Gasteiger partial charge >= 0.3 is 0 Å². The van der Waals surface area contributed by atoms with Gasteiger partial charge in [-0.1, -0.05) is 25.1 Å². The third-order valence-corrected chi connectivity index (χ3v) is 5.78. The van der Waals surface area contributed by atoms with Gasteiger partial charge < -0.3 is 10.1 Å². The number of aromatic nitrogens is 1. The van der Waals surface area contributed by atoms with Gasteiger partial charge in [-0.25, -0.2) is 4.98 Å². The summed E-state index contributed by atoms with van der Waals surface area (Å²) in [6, 6.07) is 9.54. The Balaban J connectivity index is 1.45. The Morgan fingerprint density at radius 1 is 1.31 bits per heavy atom. The van der Waals surface area contributed by atoms with Gasteiger partial charge in [-0.15, -0.1) is 11.3 Å². The van der Waals surface area contributed by atoms with Crippen LogP contribution in [0.25, 0.3) is 0 Å². The minimum atomic E-state index is -0.0620. The zero-order valence-electron chi connectivity index (χ0n) is 15.5. The van der Waals surface area contributed by atoms with E-state index in [0.717, 1.165) is 37.0 Å². The van der Waals surface area contributed by atoms with Crippen molar-refractivity contribution in [3.63, 3.8) is 0 Å². The summed E-state index contributed by atoms with van der Waals surface area (Å²) in [6.07, 6.45) is 2.85. The van der Waals surface area contributed by atoms with Crippen molar-refractivity contribution in [2.75, 3.05) is 25.0 Å². The van der Waals surface area contributed by atoms with Crippen LogP contribution in [0.2, 0.25) is 0 Å². The lowest BCUT2D eigenvalue weighted by Gasteiger charge is -2.29. The Morgan fingerprint density at radius 2 is 2.04 bits per heavy atom. The van der Waals surface area contributed by atoms with Crippen molar-refractivity contribution in [2.24, 2.45) is 5.92 Å². The molecule has 1 N–H and O–H groups in total. The number of anilines is 1. The van der Waals surface area contributed by atoms with E-state index in [0.29, 0.717) is 18.2 Å². The van der Waals surface area contributed by atoms with E-state index in [9.17, 15) is 4.79 Å². The quantitative estimate of drug-likeness (QED) is 0.794. The summed E-state index contributed by atoms with van der Waals surface area (Å²) in [7, 11) is 0. The predicted molar refractivity (Wildman–Crippen MR) is 106 cm³/mol. The van der Waals surface area contributed by atoms with E-state index in [1.165, 1.54) is 17.7 Å². The van der Waals surface area contributed by atoms with Crippen LogP contribution in [-0.4, -0.2) is 35.5 Å². The van der Waals surface area contributed by atoms with Crippen molar-refractivity contribution >= 4 is 22.4 Å². The summed E-state index contributed by atoms with van der Waals surface area (Å²) >= 11 is 1.59. The van der Waals surface area contributed by atoms with Gasteiger partial charge in [-0.2, -0.15) is 0 Å². The molecule has 5 nitrogen and oxygen atoms in total. The highest BCUT2D eigenvalue weighted by molar-refractivity contribution is 7.15. The van der Waals surface area contributed by atoms with Gasteiger partial charge in [0.2, 0.25) is 5.91 Å². The van der Waals surface area contributed by atoms with E-state index in [-0.39, 0.29) is 5.91 Å². The highest BCUT2D eigenvalue weighted by Gasteiger charge is 2.18. The number of hydrogen-bond donors (Lipinski definition) is 1. The standard InChI is InChI=1S/C20H27N3O2S/c1-15-8-11-23(12-9-15)14-18-16(2)21-20(26-18)22-19(24)10-13-25-17-6-4-3-5-7-17/h3-7,15H,8-14H2,1-2H3,(H,21,22,24). The number of benzene rings is 1. The van der Waals surface area contributed by atoms with Crippen molar-refractivity contribution < 1.29 is 9.53 Å². The predicted octanol–water partition coefficient (Wildman–Crippen LogP) is 4.09. The van der Waals surface area contributed by atoms with E-state index < -0.39 is 0 Å². The molecule has 1 saturated heterocycles. The van der Waals surface area contributed by atoms with Gasteiger partial charge in [-0.3, -0.25) is 9.69 Å². The molecule has 0 bridgehead atoms. The Hall–Kier alpha value is -1.92. The average molecular weight is 374 g/mol. The fourth-order valence-corrected chi connectivity index (χ4v) is 4.03. The monoisotopic (exact) mass is 373 g/mol. The number of carbonyl (C=O) groups is 1.